The molecule has 1 rings (SSSR count). The first-order valence-electron chi connectivity index (χ1n) is 5.17. The van der Waals surface area contributed by atoms with Crippen LogP contribution in [0.5, 0.6) is 0 Å². The molecule has 0 amide bonds. The van der Waals surface area contributed by atoms with E-state index >= 15 is 0 Å². The number of anilines is 1. The van der Waals surface area contributed by atoms with Crippen molar-refractivity contribution in [2.75, 3.05) is 31.7 Å². The lowest BCUT2D eigenvalue weighted by Crippen LogP contribution is -2.29. The topological polar surface area (TPSA) is 62.0 Å². The zero-order valence-electron chi connectivity index (χ0n) is 9.68. The second kappa shape index (κ2) is 6.75. The van der Waals surface area contributed by atoms with Gasteiger partial charge >= 0.3 is 0 Å². The number of nitrogens with zero attached hydrogens (tertiary/aromatic N) is 4. The van der Waals surface area contributed by atoms with Gasteiger partial charge in [-0.3, -0.25) is 0 Å². The van der Waals surface area contributed by atoms with E-state index in [1.807, 2.05) is 17.9 Å². The molecule has 16 heavy (non-hydrogen) atoms. The Kier molecular flexibility index (Phi) is 5.23. The van der Waals surface area contributed by atoms with Crippen molar-refractivity contribution in [3.05, 3.63) is 18.1 Å². The van der Waals surface area contributed by atoms with E-state index in [0.29, 0.717) is 19.6 Å². The molecule has 5 nitrogen and oxygen atoms in total. The van der Waals surface area contributed by atoms with E-state index in [-0.39, 0.29) is 0 Å². The van der Waals surface area contributed by atoms with Crippen LogP contribution in [0.25, 0.3) is 0 Å². The lowest BCUT2D eigenvalue weighted by molar-refractivity contribution is 0.205. The van der Waals surface area contributed by atoms with Gasteiger partial charge in [0.1, 0.15) is 12.1 Å². The Morgan fingerprint density at radius 3 is 2.88 bits per heavy atom. The summed E-state index contributed by atoms with van der Waals surface area (Å²) < 4.78 is 5.04. The molecule has 0 spiro atoms. The minimum atomic E-state index is 0.479. The van der Waals surface area contributed by atoms with Gasteiger partial charge in [-0.05, 0) is 6.92 Å². The van der Waals surface area contributed by atoms with Crippen molar-refractivity contribution >= 4 is 5.82 Å². The molecule has 0 fully saturated rings. The third-order valence-corrected chi connectivity index (χ3v) is 2.17. The number of methoxy groups -OCH3 is 1. The molecule has 0 N–H and O–H groups in total. The summed E-state index contributed by atoms with van der Waals surface area (Å²) in [7, 11) is 1.66. The van der Waals surface area contributed by atoms with Gasteiger partial charge in [0.15, 0.2) is 0 Å². The average Bonchev–Trinajstić information content (AvgIpc) is 2.29. The van der Waals surface area contributed by atoms with E-state index in [1.54, 1.807) is 7.11 Å². The third kappa shape index (κ3) is 3.83. The van der Waals surface area contributed by atoms with Crippen LogP contribution < -0.4 is 4.90 Å². The molecule has 0 atom stereocenters. The summed E-state index contributed by atoms with van der Waals surface area (Å²) in [6.07, 6.45) is 2.02. The third-order valence-electron chi connectivity index (χ3n) is 2.17. The van der Waals surface area contributed by atoms with Gasteiger partial charge in [0.25, 0.3) is 0 Å². The fourth-order valence-electron chi connectivity index (χ4n) is 1.34. The van der Waals surface area contributed by atoms with Crippen LogP contribution in [0.1, 0.15) is 12.1 Å². The van der Waals surface area contributed by atoms with E-state index < -0.39 is 0 Å². The molecular weight excluding hydrogens is 204 g/mol. The number of ether oxygens (including phenoxy) is 1. The quantitative estimate of drug-likeness (QED) is 0.719. The van der Waals surface area contributed by atoms with Crippen molar-refractivity contribution < 1.29 is 4.74 Å². The van der Waals surface area contributed by atoms with Crippen LogP contribution in [0.3, 0.4) is 0 Å². The van der Waals surface area contributed by atoms with Gasteiger partial charge in [-0.25, -0.2) is 9.97 Å². The summed E-state index contributed by atoms with van der Waals surface area (Å²) in [6, 6.07) is 4.04. The van der Waals surface area contributed by atoms with Gasteiger partial charge in [-0.15, -0.1) is 0 Å². The van der Waals surface area contributed by atoms with Crippen LogP contribution in [-0.2, 0) is 4.74 Å². The Morgan fingerprint density at radius 1 is 1.44 bits per heavy atom. The largest absolute Gasteiger partial charge is 0.383 e. The highest BCUT2D eigenvalue weighted by atomic mass is 16.5. The molecule has 0 aliphatic carbocycles. The van der Waals surface area contributed by atoms with Crippen LogP contribution in [0, 0.1) is 18.3 Å². The van der Waals surface area contributed by atoms with Crippen molar-refractivity contribution in [1.82, 2.24) is 9.97 Å². The zero-order valence-corrected chi connectivity index (χ0v) is 9.68. The van der Waals surface area contributed by atoms with Gasteiger partial charge in [0.05, 0.1) is 19.1 Å². The van der Waals surface area contributed by atoms with Crippen LogP contribution in [0.4, 0.5) is 5.82 Å². The van der Waals surface area contributed by atoms with Crippen molar-refractivity contribution in [3.63, 3.8) is 0 Å². The Balaban J connectivity index is 2.70. The lowest BCUT2D eigenvalue weighted by atomic mass is 10.3. The van der Waals surface area contributed by atoms with Gasteiger partial charge < -0.3 is 9.64 Å². The molecule has 0 bridgehead atoms. The molecule has 1 aromatic rings. The van der Waals surface area contributed by atoms with Crippen molar-refractivity contribution in [1.29, 1.82) is 5.26 Å². The molecular formula is C11H16N4O. The number of hydrogen-bond acceptors (Lipinski definition) is 5. The maximum atomic E-state index is 8.60. The van der Waals surface area contributed by atoms with Gasteiger partial charge in [0.2, 0.25) is 0 Å². The predicted molar refractivity (Wildman–Crippen MR) is 61.1 cm³/mol. The number of hydrogen-bond donors (Lipinski definition) is 0. The Morgan fingerprint density at radius 2 is 2.25 bits per heavy atom. The normalized spacial score (nSPS) is 9.81. The summed E-state index contributed by atoms with van der Waals surface area (Å²) in [5, 5.41) is 8.60. The summed E-state index contributed by atoms with van der Waals surface area (Å²) >= 11 is 0. The molecule has 5 heteroatoms. The van der Waals surface area contributed by atoms with Crippen molar-refractivity contribution in [3.8, 4) is 6.07 Å². The standard InChI is InChI=1S/C11H16N4O/c1-10-8-11(14-9-13-10)15(5-3-4-12)6-7-16-2/h8-9H,3,5-7H2,1-2H3. The fourth-order valence-corrected chi connectivity index (χ4v) is 1.34. The predicted octanol–water partition coefficient (Wildman–Crippen LogP) is 1.15. The van der Waals surface area contributed by atoms with Gasteiger partial charge in [-0.2, -0.15) is 5.26 Å². The first kappa shape index (κ1) is 12.4. The van der Waals surface area contributed by atoms with Crippen LogP contribution in [-0.4, -0.2) is 36.8 Å². The van der Waals surface area contributed by atoms with Crippen LogP contribution in [0.2, 0.25) is 0 Å². The smallest absolute Gasteiger partial charge is 0.132 e. The van der Waals surface area contributed by atoms with Crippen LogP contribution >= 0.6 is 0 Å². The first-order valence-corrected chi connectivity index (χ1v) is 5.17. The van der Waals surface area contributed by atoms with Crippen molar-refractivity contribution in [2.24, 2.45) is 0 Å². The van der Waals surface area contributed by atoms with E-state index in [4.69, 9.17) is 10.00 Å². The molecule has 1 heterocycles. The molecule has 86 valence electrons. The summed E-state index contributed by atoms with van der Waals surface area (Å²) in [4.78, 5) is 10.3. The number of aromatic nitrogens is 2. The number of rotatable bonds is 6. The first-order chi connectivity index (χ1) is 7.77. The number of nitriles is 1. The lowest BCUT2D eigenvalue weighted by Gasteiger charge is -2.22. The Bertz CT molecular complexity index is 361. The highest BCUT2D eigenvalue weighted by molar-refractivity contribution is 5.38. The molecule has 1 aromatic heterocycles. The monoisotopic (exact) mass is 220 g/mol. The average molecular weight is 220 g/mol. The second-order valence-electron chi connectivity index (χ2n) is 3.41. The highest BCUT2D eigenvalue weighted by Gasteiger charge is 2.07. The number of aryl methyl sites for hydroxylation is 1. The minimum Gasteiger partial charge on any atom is -0.383 e. The SMILES string of the molecule is COCCN(CCC#N)c1cc(C)ncn1. The van der Waals surface area contributed by atoms with E-state index in [1.165, 1.54) is 6.33 Å². The summed E-state index contributed by atoms with van der Waals surface area (Å²) in [5.74, 6) is 0.847. The molecule has 0 aromatic carbocycles. The van der Waals surface area contributed by atoms with Gasteiger partial charge in [0, 0.05) is 32.0 Å². The van der Waals surface area contributed by atoms with E-state index in [2.05, 4.69) is 16.0 Å². The summed E-state index contributed by atoms with van der Waals surface area (Å²) in [5.41, 5.74) is 0.921. The molecule has 0 saturated heterocycles. The minimum absolute atomic E-state index is 0.479. The zero-order chi connectivity index (χ0) is 11.8. The fraction of sp³-hybridized carbons (Fsp3) is 0.545. The maximum Gasteiger partial charge on any atom is 0.132 e. The summed E-state index contributed by atoms with van der Waals surface area (Å²) in [6.45, 7) is 3.93. The Labute approximate surface area is 95.7 Å². The van der Waals surface area contributed by atoms with E-state index in [0.717, 1.165) is 18.1 Å². The molecule has 0 aliphatic heterocycles. The molecule has 0 radical (unpaired) electrons. The van der Waals surface area contributed by atoms with Crippen LogP contribution in [0.15, 0.2) is 12.4 Å². The maximum absolute atomic E-state index is 8.60. The van der Waals surface area contributed by atoms with Gasteiger partial charge in [-0.1, -0.05) is 0 Å². The van der Waals surface area contributed by atoms with Crippen molar-refractivity contribution in [2.45, 2.75) is 13.3 Å². The molecule has 0 unspecified atom stereocenters. The Hall–Kier alpha value is -1.67. The highest BCUT2D eigenvalue weighted by Crippen LogP contribution is 2.10. The molecule has 0 saturated carbocycles. The second-order valence-corrected chi connectivity index (χ2v) is 3.41. The van der Waals surface area contributed by atoms with E-state index in [9.17, 15) is 0 Å². The molecule has 0 aliphatic rings.